The maximum Gasteiger partial charge on any atom is 0.254 e. The van der Waals surface area contributed by atoms with Gasteiger partial charge in [-0.2, -0.15) is 0 Å². The number of aliphatic hydroxyl groups is 1. The maximum atomic E-state index is 13.5. The van der Waals surface area contributed by atoms with Crippen LogP contribution in [0, 0.1) is 11.6 Å². The predicted molar refractivity (Wildman–Crippen MR) is 71.6 cm³/mol. The van der Waals surface area contributed by atoms with E-state index in [1.54, 1.807) is 19.1 Å². The zero-order valence-electron chi connectivity index (χ0n) is 11.3. The first-order valence-corrected chi connectivity index (χ1v) is 6.44. The Labute approximate surface area is 120 Å². The minimum Gasteiger partial charge on any atom is -0.467 e. The van der Waals surface area contributed by atoms with E-state index in [4.69, 9.17) is 4.42 Å². The minimum absolute atomic E-state index is 0.210. The number of hydrogen-bond acceptors (Lipinski definition) is 3. The SMILES string of the molecule is CC(CC(O)c1ccco1)NC(=O)c1ccc(F)cc1F. The summed E-state index contributed by atoms with van der Waals surface area (Å²) in [5, 5.41) is 12.4. The highest BCUT2D eigenvalue weighted by Gasteiger charge is 2.18. The highest BCUT2D eigenvalue weighted by Crippen LogP contribution is 2.19. The lowest BCUT2D eigenvalue weighted by molar-refractivity contribution is 0.0899. The largest absolute Gasteiger partial charge is 0.467 e. The van der Waals surface area contributed by atoms with Crippen molar-refractivity contribution in [3.05, 3.63) is 59.6 Å². The fraction of sp³-hybridized carbons (Fsp3) is 0.267. The molecule has 0 aliphatic heterocycles. The normalized spacial score (nSPS) is 13.7. The summed E-state index contributed by atoms with van der Waals surface area (Å²) < 4.78 is 31.3. The van der Waals surface area contributed by atoms with Crippen LogP contribution in [-0.4, -0.2) is 17.1 Å². The summed E-state index contributed by atoms with van der Waals surface area (Å²) in [4.78, 5) is 11.9. The van der Waals surface area contributed by atoms with Gasteiger partial charge >= 0.3 is 0 Å². The van der Waals surface area contributed by atoms with E-state index in [1.807, 2.05) is 0 Å². The molecule has 1 aromatic heterocycles. The highest BCUT2D eigenvalue weighted by molar-refractivity contribution is 5.94. The molecule has 2 unspecified atom stereocenters. The molecule has 6 heteroatoms. The van der Waals surface area contributed by atoms with Crippen molar-refractivity contribution in [3.8, 4) is 0 Å². The van der Waals surface area contributed by atoms with Crippen molar-refractivity contribution in [1.82, 2.24) is 5.32 Å². The van der Waals surface area contributed by atoms with Gasteiger partial charge in [0, 0.05) is 18.5 Å². The van der Waals surface area contributed by atoms with Gasteiger partial charge in [-0.25, -0.2) is 8.78 Å². The van der Waals surface area contributed by atoms with Gasteiger partial charge in [-0.05, 0) is 31.2 Å². The van der Waals surface area contributed by atoms with Crippen LogP contribution >= 0.6 is 0 Å². The van der Waals surface area contributed by atoms with Crippen molar-refractivity contribution in [1.29, 1.82) is 0 Å². The van der Waals surface area contributed by atoms with E-state index >= 15 is 0 Å². The second-order valence-electron chi connectivity index (χ2n) is 4.77. The molecule has 0 spiro atoms. The van der Waals surface area contributed by atoms with Crippen LogP contribution in [0.1, 0.15) is 35.6 Å². The fourth-order valence-electron chi connectivity index (χ4n) is 1.97. The van der Waals surface area contributed by atoms with Gasteiger partial charge < -0.3 is 14.8 Å². The number of aliphatic hydroxyl groups excluding tert-OH is 1. The first-order chi connectivity index (χ1) is 9.97. The molecule has 0 aliphatic rings. The quantitative estimate of drug-likeness (QED) is 0.891. The van der Waals surface area contributed by atoms with Gasteiger partial charge in [0.2, 0.25) is 0 Å². The third-order valence-corrected chi connectivity index (χ3v) is 3.00. The number of amides is 1. The molecule has 2 aromatic rings. The van der Waals surface area contributed by atoms with Gasteiger partial charge in [0.15, 0.2) is 0 Å². The molecule has 0 radical (unpaired) electrons. The molecule has 2 N–H and O–H groups in total. The molecule has 0 aliphatic carbocycles. The Morgan fingerprint density at radius 3 is 2.76 bits per heavy atom. The van der Waals surface area contributed by atoms with Gasteiger partial charge in [0.05, 0.1) is 11.8 Å². The standard InChI is InChI=1S/C15H15F2NO3/c1-9(7-13(19)14-3-2-6-21-14)18-15(20)11-5-4-10(16)8-12(11)17/h2-6,8-9,13,19H,7H2,1H3,(H,18,20). The van der Waals surface area contributed by atoms with Gasteiger partial charge in [0.25, 0.3) is 5.91 Å². The number of carbonyl (C=O) groups excluding carboxylic acids is 1. The molecule has 1 heterocycles. The van der Waals surface area contributed by atoms with Crippen molar-refractivity contribution < 1.29 is 23.1 Å². The highest BCUT2D eigenvalue weighted by atomic mass is 19.1. The van der Waals surface area contributed by atoms with Crippen molar-refractivity contribution in [2.45, 2.75) is 25.5 Å². The molecule has 0 bridgehead atoms. The smallest absolute Gasteiger partial charge is 0.254 e. The number of nitrogens with one attached hydrogen (secondary N) is 1. The van der Waals surface area contributed by atoms with Crippen LogP contribution in [0.5, 0.6) is 0 Å². The number of furan rings is 1. The number of halogens is 2. The summed E-state index contributed by atoms with van der Waals surface area (Å²) in [5.74, 6) is -1.94. The van der Waals surface area contributed by atoms with Crippen LogP contribution in [0.15, 0.2) is 41.0 Å². The minimum atomic E-state index is -0.925. The molecule has 0 saturated heterocycles. The molecular formula is C15H15F2NO3. The zero-order valence-corrected chi connectivity index (χ0v) is 11.3. The summed E-state index contributed by atoms with van der Waals surface area (Å²) >= 11 is 0. The lowest BCUT2D eigenvalue weighted by Crippen LogP contribution is -2.34. The fourth-order valence-corrected chi connectivity index (χ4v) is 1.97. The van der Waals surface area contributed by atoms with E-state index < -0.39 is 29.7 Å². The van der Waals surface area contributed by atoms with Crippen LogP contribution in [0.4, 0.5) is 8.78 Å². The molecule has 4 nitrogen and oxygen atoms in total. The van der Waals surface area contributed by atoms with Crippen LogP contribution < -0.4 is 5.32 Å². The van der Waals surface area contributed by atoms with Gasteiger partial charge in [-0.1, -0.05) is 0 Å². The van der Waals surface area contributed by atoms with E-state index in [0.29, 0.717) is 11.8 Å². The number of benzene rings is 1. The summed E-state index contributed by atoms with van der Waals surface area (Å²) in [5.41, 5.74) is -0.240. The second-order valence-corrected chi connectivity index (χ2v) is 4.77. The van der Waals surface area contributed by atoms with E-state index in [-0.39, 0.29) is 12.0 Å². The van der Waals surface area contributed by atoms with Crippen molar-refractivity contribution >= 4 is 5.91 Å². The predicted octanol–water partition coefficient (Wildman–Crippen LogP) is 2.80. The van der Waals surface area contributed by atoms with Gasteiger partial charge in [-0.15, -0.1) is 0 Å². The lowest BCUT2D eigenvalue weighted by atomic mass is 10.1. The van der Waals surface area contributed by atoms with E-state index in [0.717, 1.165) is 12.1 Å². The Kier molecular flexibility index (Phi) is 4.70. The van der Waals surface area contributed by atoms with Crippen LogP contribution in [0.25, 0.3) is 0 Å². The molecule has 112 valence electrons. The Balaban J connectivity index is 1.96. The van der Waals surface area contributed by atoms with Gasteiger partial charge in [-0.3, -0.25) is 4.79 Å². The van der Waals surface area contributed by atoms with E-state index in [9.17, 15) is 18.7 Å². The van der Waals surface area contributed by atoms with E-state index in [2.05, 4.69) is 5.32 Å². The average molecular weight is 295 g/mol. The molecule has 2 rings (SSSR count). The average Bonchev–Trinajstić information content (AvgIpc) is 2.91. The van der Waals surface area contributed by atoms with Crippen LogP contribution in [0.3, 0.4) is 0 Å². The van der Waals surface area contributed by atoms with E-state index in [1.165, 1.54) is 6.26 Å². The third-order valence-electron chi connectivity index (χ3n) is 3.00. The summed E-state index contributed by atoms with van der Waals surface area (Å²) in [6.45, 7) is 1.67. The lowest BCUT2D eigenvalue weighted by Gasteiger charge is -2.17. The number of rotatable bonds is 5. The number of hydrogen-bond donors (Lipinski definition) is 2. The van der Waals surface area contributed by atoms with Crippen molar-refractivity contribution in [2.24, 2.45) is 0 Å². The summed E-state index contributed by atoms with van der Waals surface area (Å²) in [7, 11) is 0. The molecule has 2 atom stereocenters. The summed E-state index contributed by atoms with van der Waals surface area (Å²) in [6.07, 6.45) is 0.783. The number of carbonyl (C=O) groups is 1. The maximum absolute atomic E-state index is 13.5. The Bertz CT molecular complexity index is 613. The van der Waals surface area contributed by atoms with Crippen LogP contribution in [0.2, 0.25) is 0 Å². The first-order valence-electron chi connectivity index (χ1n) is 6.44. The Morgan fingerprint density at radius 2 is 2.14 bits per heavy atom. The molecule has 1 amide bonds. The molecule has 21 heavy (non-hydrogen) atoms. The Hall–Kier alpha value is -2.21. The monoisotopic (exact) mass is 295 g/mol. The molecular weight excluding hydrogens is 280 g/mol. The summed E-state index contributed by atoms with van der Waals surface area (Å²) in [6, 6.07) is 5.60. The van der Waals surface area contributed by atoms with Crippen molar-refractivity contribution in [3.63, 3.8) is 0 Å². The van der Waals surface area contributed by atoms with Gasteiger partial charge in [0.1, 0.15) is 23.5 Å². The van der Waals surface area contributed by atoms with Crippen molar-refractivity contribution in [2.75, 3.05) is 0 Å². The third kappa shape index (κ3) is 3.88. The Morgan fingerprint density at radius 1 is 1.38 bits per heavy atom. The molecule has 0 saturated carbocycles. The van der Waals surface area contributed by atoms with Crippen LogP contribution in [-0.2, 0) is 0 Å². The zero-order chi connectivity index (χ0) is 15.4. The molecule has 0 fully saturated rings. The topological polar surface area (TPSA) is 62.5 Å². The second kappa shape index (κ2) is 6.49. The first kappa shape index (κ1) is 15.2. The molecule has 1 aromatic carbocycles.